The van der Waals surface area contributed by atoms with Crippen LogP contribution in [0.1, 0.15) is 30.7 Å². The number of amides is 1. The first-order chi connectivity index (χ1) is 15.1. The molecule has 0 fully saturated rings. The molecule has 0 N–H and O–H groups in total. The summed E-state index contributed by atoms with van der Waals surface area (Å²) in [5.41, 5.74) is 4.87. The van der Waals surface area contributed by atoms with E-state index in [1.807, 2.05) is 60.8 Å². The molecule has 2 heterocycles. The smallest absolute Gasteiger partial charge is 0.277 e. The zero-order valence-corrected chi connectivity index (χ0v) is 19.2. The lowest BCUT2D eigenvalue weighted by atomic mass is 10.1. The van der Waals surface area contributed by atoms with Crippen LogP contribution in [0.25, 0.3) is 11.5 Å². The number of aromatic nitrogens is 3. The van der Waals surface area contributed by atoms with Crippen molar-refractivity contribution in [3.63, 3.8) is 0 Å². The van der Waals surface area contributed by atoms with Crippen molar-refractivity contribution in [3.8, 4) is 11.5 Å². The Morgan fingerprint density at radius 2 is 1.90 bits per heavy atom. The number of thioether (sulfide) groups is 1. The molecule has 0 aliphatic carbocycles. The van der Waals surface area contributed by atoms with Gasteiger partial charge in [-0.3, -0.25) is 9.69 Å². The third-order valence-corrected chi connectivity index (χ3v) is 6.51. The summed E-state index contributed by atoms with van der Waals surface area (Å²) in [5, 5.41) is 11.4. The molecule has 0 aliphatic heterocycles. The summed E-state index contributed by atoms with van der Waals surface area (Å²) in [4.78, 5) is 18.8. The van der Waals surface area contributed by atoms with Crippen LogP contribution in [0.5, 0.6) is 0 Å². The molecule has 0 atom stereocenters. The van der Waals surface area contributed by atoms with Gasteiger partial charge in [0, 0.05) is 23.6 Å². The zero-order valence-electron chi connectivity index (χ0n) is 17.5. The van der Waals surface area contributed by atoms with Gasteiger partial charge in [0.2, 0.25) is 11.8 Å². The number of benzene rings is 2. The minimum atomic E-state index is -0.0609. The van der Waals surface area contributed by atoms with Gasteiger partial charge < -0.3 is 4.42 Å². The monoisotopic (exact) mass is 450 g/mol. The minimum absolute atomic E-state index is 0.0609. The van der Waals surface area contributed by atoms with Gasteiger partial charge in [0.15, 0.2) is 5.13 Å². The van der Waals surface area contributed by atoms with Gasteiger partial charge in [-0.05, 0) is 36.6 Å². The molecule has 31 heavy (non-hydrogen) atoms. The molecule has 0 saturated heterocycles. The Hall–Kier alpha value is -2.97. The van der Waals surface area contributed by atoms with Crippen molar-refractivity contribution < 1.29 is 9.21 Å². The number of aryl methyl sites for hydroxylation is 2. The van der Waals surface area contributed by atoms with Crippen LogP contribution < -0.4 is 4.90 Å². The number of carbonyl (C=O) groups excluding carboxylic acids is 1. The number of thiazole rings is 1. The molecule has 0 spiro atoms. The Morgan fingerprint density at radius 3 is 2.68 bits per heavy atom. The van der Waals surface area contributed by atoms with Crippen molar-refractivity contribution in [2.75, 3.05) is 4.90 Å². The maximum Gasteiger partial charge on any atom is 0.277 e. The highest BCUT2D eigenvalue weighted by molar-refractivity contribution is 7.98. The van der Waals surface area contributed by atoms with Crippen LogP contribution in [-0.4, -0.2) is 21.1 Å². The Kier molecular flexibility index (Phi) is 6.48. The third kappa shape index (κ3) is 4.70. The predicted octanol–water partition coefficient (Wildman–Crippen LogP) is 6.04. The first-order valence-corrected chi connectivity index (χ1v) is 11.8. The van der Waals surface area contributed by atoms with Crippen molar-refractivity contribution in [2.45, 2.75) is 38.2 Å². The quantitative estimate of drug-likeness (QED) is 0.320. The van der Waals surface area contributed by atoms with Crippen molar-refractivity contribution in [2.24, 2.45) is 0 Å². The van der Waals surface area contributed by atoms with Gasteiger partial charge in [-0.25, -0.2) is 4.98 Å². The molecule has 4 aromatic rings. The van der Waals surface area contributed by atoms with Crippen LogP contribution >= 0.6 is 23.1 Å². The number of hydrogen-bond donors (Lipinski definition) is 0. The van der Waals surface area contributed by atoms with Gasteiger partial charge in [0.25, 0.3) is 5.22 Å². The van der Waals surface area contributed by atoms with E-state index in [1.165, 1.54) is 23.1 Å². The molecule has 0 bridgehead atoms. The maximum absolute atomic E-state index is 12.4. The lowest BCUT2D eigenvalue weighted by Gasteiger charge is -2.20. The second-order valence-electron chi connectivity index (χ2n) is 6.93. The first kappa shape index (κ1) is 21.3. The molecule has 0 unspecified atom stereocenters. The highest BCUT2D eigenvalue weighted by Gasteiger charge is 2.20. The van der Waals surface area contributed by atoms with E-state index in [2.05, 4.69) is 17.1 Å². The van der Waals surface area contributed by atoms with Crippen molar-refractivity contribution in [3.05, 3.63) is 70.7 Å². The Bertz CT molecular complexity index is 1200. The molecule has 158 valence electrons. The summed E-state index contributed by atoms with van der Waals surface area (Å²) in [6.07, 6.45) is 0.842. The minimum Gasteiger partial charge on any atom is -0.411 e. The predicted molar refractivity (Wildman–Crippen MR) is 125 cm³/mol. The van der Waals surface area contributed by atoms with E-state index in [0.717, 1.165) is 34.5 Å². The summed E-state index contributed by atoms with van der Waals surface area (Å²) in [5.74, 6) is 1.03. The number of anilines is 2. The fourth-order valence-corrected chi connectivity index (χ4v) is 4.87. The van der Waals surface area contributed by atoms with Crippen molar-refractivity contribution in [1.82, 2.24) is 15.2 Å². The standard InChI is InChI=1S/C23H22N4O2S2/c1-4-17-10-6-8-12-20(17)27(16(3)28)22-24-18(13-30-22)14-31-23-26-25-21(29-23)19-11-7-5-9-15(19)2/h5-13H,4,14H2,1-3H3. The van der Waals surface area contributed by atoms with Gasteiger partial charge in [-0.1, -0.05) is 55.1 Å². The molecular formula is C23H22N4O2S2. The molecule has 8 heteroatoms. The van der Waals surface area contributed by atoms with Gasteiger partial charge >= 0.3 is 0 Å². The Balaban J connectivity index is 1.49. The second-order valence-corrected chi connectivity index (χ2v) is 8.70. The topological polar surface area (TPSA) is 72.1 Å². The maximum atomic E-state index is 12.4. The summed E-state index contributed by atoms with van der Waals surface area (Å²) >= 11 is 2.89. The van der Waals surface area contributed by atoms with Gasteiger partial charge in [0.1, 0.15) is 0 Å². The van der Waals surface area contributed by atoms with Crippen LogP contribution in [0.3, 0.4) is 0 Å². The second kappa shape index (κ2) is 9.45. The van der Waals surface area contributed by atoms with E-state index in [4.69, 9.17) is 9.40 Å². The average molecular weight is 451 g/mol. The van der Waals surface area contributed by atoms with E-state index >= 15 is 0 Å². The van der Waals surface area contributed by atoms with E-state index in [-0.39, 0.29) is 5.91 Å². The summed E-state index contributed by atoms with van der Waals surface area (Å²) in [7, 11) is 0. The van der Waals surface area contributed by atoms with Gasteiger partial charge in [-0.2, -0.15) is 0 Å². The fraction of sp³-hybridized carbons (Fsp3) is 0.217. The third-order valence-electron chi connectivity index (χ3n) is 4.78. The summed E-state index contributed by atoms with van der Waals surface area (Å²) in [6.45, 7) is 5.66. The largest absolute Gasteiger partial charge is 0.411 e. The van der Waals surface area contributed by atoms with Crippen LogP contribution in [-0.2, 0) is 17.0 Å². The van der Waals surface area contributed by atoms with E-state index < -0.39 is 0 Å². The molecule has 4 rings (SSSR count). The highest BCUT2D eigenvalue weighted by Crippen LogP contribution is 2.33. The molecule has 0 aliphatic rings. The molecule has 0 saturated carbocycles. The number of rotatable bonds is 7. The van der Waals surface area contributed by atoms with Crippen LogP contribution in [0.2, 0.25) is 0 Å². The lowest BCUT2D eigenvalue weighted by Crippen LogP contribution is -2.23. The highest BCUT2D eigenvalue weighted by atomic mass is 32.2. The number of para-hydroxylation sites is 1. The molecule has 2 aromatic heterocycles. The lowest BCUT2D eigenvalue weighted by molar-refractivity contribution is -0.115. The summed E-state index contributed by atoms with van der Waals surface area (Å²) in [6, 6.07) is 15.8. The van der Waals surface area contributed by atoms with Gasteiger partial charge in [-0.15, -0.1) is 21.5 Å². The molecule has 1 amide bonds. The number of hydrogen-bond acceptors (Lipinski definition) is 7. The normalized spacial score (nSPS) is 10.9. The SMILES string of the molecule is CCc1ccccc1N(C(C)=O)c1nc(CSc2nnc(-c3ccccc3C)o2)cs1. The molecule has 6 nitrogen and oxygen atoms in total. The Morgan fingerprint density at radius 1 is 1.13 bits per heavy atom. The molecule has 2 aromatic carbocycles. The average Bonchev–Trinajstić information content (AvgIpc) is 3.43. The van der Waals surface area contributed by atoms with Crippen molar-refractivity contribution in [1.29, 1.82) is 0 Å². The van der Waals surface area contributed by atoms with E-state index in [9.17, 15) is 4.79 Å². The van der Waals surface area contributed by atoms with Gasteiger partial charge in [0.05, 0.1) is 11.4 Å². The van der Waals surface area contributed by atoms with Crippen LogP contribution in [0.4, 0.5) is 10.8 Å². The number of carbonyl (C=O) groups is 1. The first-order valence-electron chi connectivity index (χ1n) is 9.92. The summed E-state index contributed by atoms with van der Waals surface area (Å²) < 4.78 is 5.82. The molecule has 0 radical (unpaired) electrons. The molecular weight excluding hydrogens is 428 g/mol. The van der Waals surface area contributed by atoms with E-state index in [0.29, 0.717) is 22.0 Å². The van der Waals surface area contributed by atoms with Crippen molar-refractivity contribution >= 4 is 39.8 Å². The fourth-order valence-electron chi connectivity index (χ4n) is 3.23. The zero-order chi connectivity index (χ0) is 21.8. The van der Waals surface area contributed by atoms with Crippen LogP contribution in [0, 0.1) is 6.92 Å². The van der Waals surface area contributed by atoms with E-state index in [1.54, 1.807) is 11.8 Å². The Labute approximate surface area is 189 Å². The number of nitrogens with zero attached hydrogens (tertiary/aromatic N) is 4. The van der Waals surface area contributed by atoms with Crippen LogP contribution in [0.15, 0.2) is 63.6 Å².